The van der Waals surface area contributed by atoms with E-state index in [1.165, 1.54) is 0 Å². The summed E-state index contributed by atoms with van der Waals surface area (Å²) in [6.45, 7) is 22.3. The summed E-state index contributed by atoms with van der Waals surface area (Å²) in [5.41, 5.74) is 0.492. The number of piperidine rings is 1. The lowest BCUT2D eigenvalue weighted by Gasteiger charge is -2.32. The molecule has 0 unspecified atom stereocenters. The molecule has 1 saturated heterocycles. The number of hydrogen-bond acceptors (Lipinski definition) is 3. The minimum Gasteiger partial charge on any atom is -0.460 e. The van der Waals surface area contributed by atoms with Crippen molar-refractivity contribution in [1.29, 1.82) is 0 Å². The fourth-order valence-corrected chi connectivity index (χ4v) is 3.54. The molecule has 1 fully saturated rings. The van der Waals surface area contributed by atoms with Gasteiger partial charge < -0.3 is 15.0 Å². The van der Waals surface area contributed by atoms with Crippen LogP contribution in [0.3, 0.4) is 0 Å². The molecule has 0 radical (unpaired) electrons. The number of benzene rings is 1. The van der Waals surface area contributed by atoms with E-state index >= 15 is 0 Å². The van der Waals surface area contributed by atoms with Gasteiger partial charge in [-0.15, -0.1) is 6.58 Å². The summed E-state index contributed by atoms with van der Waals surface area (Å²) in [5.74, 6) is 1.50. The lowest BCUT2D eigenvalue weighted by atomic mass is 10.0. The largest absolute Gasteiger partial charge is 0.460 e. The Hall–Kier alpha value is -1.98. The number of carbonyl (C=O) groups excluding carboxylic acids is 2. The monoisotopic (exact) mass is 542 g/mol. The second-order valence-corrected chi connectivity index (χ2v) is 9.17. The van der Waals surface area contributed by atoms with Gasteiger partial charge in [0.05, 0.1) is 10.6 Å². The van der Waals surface area contributed by atoms with Crippen molar-refractivity contribution in [3.05, 3.63) is 52.2 Å². The number of allylic oxidation sites excluding steroid dienone is 2. The molecule has 2 amide bonds. The number of carbonyl (C=O) groups is 2. The van der Waals surface area contributed by atoms with Crippen LogP contribution in [0.2, 0.25) is 10.0 Å². The summed E-state index contributed by atoms with van der Waals surface area (Å²) in [4.78, 5) is 26.7. The number of likely N-dealkylation sites (tertiary alicyclic amines) is 1. The van der Waals surface area contributed by atoms with Crippen LogP contribution in [0.5, 0.6) is 5.75 Å². The van der Waals surface area contributed by atoms with Gasteiger partial charge in [0, 0.05) is 30.6 Å². The first-order chi connectivity index (χ1) is 17.1. The molecule has 0 bridgehead atoms. The van der Waals surface area contributed by atoms with Crippen molar-refractivity contribution >= 4 is 35.0 Å². The van der Waals surface area contributed by atoms with Gasteiger partial charge in [0.2, 0.25) is 5.91 Å². The number of rotatable bonds is 7. The van der Waals surface area contributed by atoms with Gasteiger partial charge in [-0.1, -0.05) is 70.8 Å². The van der Waals surface area contributed by atoms with Crippen molar-refractivity contribution in [3.8, 4) is 5.75 Å². The molecule has 0 saturated carbocycles. The summed E-state index contributed by atoms with van der Waals surface area (Å²) >= 11 is 12.0. The molecular formula is C29H48Cl2N2O3. The van der Waals surface area contributed by atoms with E-state index in [0.29, 0.717) is 52.6 Å². The predicted octanol–water partition coefficient (Wildman–Crippen LogP) is 8.45. The van der Waals surface area contributed by atoms with Gasteiger partial charge in [-0.25, -0.2) is 0 Å². The fourth-order valence-electron chi connectivity index (χ4n) is 3.10. The third-order valence-electron chi connectivity index (χ3n) is 5.14. The van der Waals surface area contributed by atoms with Crippen LogP contribution in [-0.2, 0) is 9.59 Å². The van der Waals surface area contributed by atoms with Crippen LogP contribution in [0.15, 0.2) is 42.2 Å². The topological polar surface area (TPSA) is 58.6 Å². The number of amides is 2. The van der Waals surface area contributed by atoms with Crippen LogP contribution >= 0.6 is 23.2 Å². The van der Waals surface area contributed by atoms with Gasteiger partial charge in [0.25, 0.3) is 5.91 Å². The van der Waals surface area contributed by atoms with Crippen molar-refractivity contribution in [2.24, 2.45) is 5.92 Å². The predicted molar refractivity (Wildman–Crippen MR) is 156 cm³/mol. The van der Waals surface area contributed by atoms with E-state index in [1.54, 1.807) is 38.1 Å². The van der Waals surface area contributed by atoms with E-state index in [2.05, 4.69) is 25.7 Å². The van der Waals surface area contributed by atoms with Crippen LogP contribution in [0, 0.1) is 5.92 Å². The van der Waals surface area contributed by atoms with E-state index in [4.69, 9.17) is 27.9 Å². The maximum atomic E-state index is 12.6. The molecule has 0 atom stereocenters. The molecule has 5 nitrogen and oxygen atoms in total. The van der Waals surface area contributed by atoms with Crippen molar-refractivity contribution in [2.75, 3.05) is 13.1 Å². The zero-order chi connectivity index (χ0) is 28.3. The zero-order valence-corrected chi connectivity index (χ0v) is 25.4. The number of nitrogens with one attached hydrogen (secondary N) is 1. The van der Waals surface area contributed by atoms with Crippen molar-refractivity contribution < 1.29 is 14.3 Å². The molecule has 1 aliphatic rings. The van der Waals surface area contributed by atoms with Crippen LogP contribution in [-0.4, -0.2) is 35.8 Å². The smallest absolute Gasteiger partial charge is 0.250 e. The highest BCUT2D eigenvalue weighted by Gasteiger charge is 2.24. The molecule has 206 valence electrons. The highest BCUT2D eigenvalue weighted by Crippen LogP contribution is 2.29. The van der Waals surface area contributed by atoms with Gasteiger partial charge in [0.15, 0.2) is 0 Å². The molecule has 0 aromatic heterocycles. The average molecular weight is 544 g/mol. The van der Waals surface area contributed by atoms with E-state index < -0.39 is 0 Å². The fraction of sp³-hybridized carbons (Fsp3) is 0.586. The molecule has 1 aromatic rings. The Kier molecular flexibility index (Phi) is 21.2. The zero-order valence-electron chi connectivity index (χ0n) is 23.8. The van der Waals surface area contributed by atoms with E-state index in [0.717, 1.165) is 19.3 Å². The maximum absolute atomic E-state index is 12.6. The van der Waals surface area contributed by atoms with E-state index in [9.17, 15) is 9.59 Å². The van der Waals surface area contributed by atoms with Crippen LogP contribution in [0.1, 0.15) is 88.0 Å². The van der Waals surface area contributed by atoms with Crippen LogP contribution in [0.25, 0.3) is 0 Å². The molecule has 2 rings (SSSR count). The van der Waals surface area contributed by atoms with Crippen molar-refractivity contribution in [2.45, 2.75) is 94.0 Å². The number of hydrogen-bond donors (Lipinski definition) is 1. The second-order valence-electron chi connectivity index (χ2n) is 8.33. The summed E-state index contributed by atoms with van der Waals surface area (Å²) < 4.78 is 5.74. The highest BCUT2D eigenvalue weighted by molar-refractivity contribution is 6.35. The highest BCUT2D eigenvalue weighted by atomic mass is 35.5. The third kappa shape index (κ3) is 14.5. The molecule has 7 heteroatoms. The first kappa shape index (κ1) is 36.2. The minimum atomic E-state index is -0.169. The first-order valence-electron chi connectivity index (χ1n) is 13.0. The Bertz CT molecular complexity index is 815. The van der Waals surface area contributed by atoms with Crippen LogP contribution < -0.4 is 10.1 Å². The van der Waals surface area contributed by atoms with Gasteiger partial charge >= 0.3 is 0 Å². The van der Waals surface area contributed by atoms with Gasteiger partial charge in [-0.2, -0.15) is 0 Å². The SMILES string of the molecule is C/C(Oc1ccc(Cl)cc1Cl)=C(\C)C(=O)NC1CCN(C(=O)CCC(C)C)CC1.C=CC.CC.CC. The minimum absolute atomic E-state index is 0.0542. The Morgan fingerprint density at radius 1 is 1.14 bits per heavy atom. The molecule has 0 aliphatic carbocycles. The number of nitrogens with zero attached hydrogens (tertiary/aromatic N) is 1. The molecule has 0 spiro atoms. The van der Waals surface area contributed by atoms with Gasteiger partial charge in [-0.3, -0.25) is 9.59 Å². The molecule has 1 heterocycles. The van der Waals surface area contributed by atoms with Gasteiger partial charge in [0.1, 0.15) is 11.5 Å². The summed E-state index contributed by atoms with van der Waals surface area (Å²) in [5, 5.41) is 3.96. The van der Waals surface area contributed by atoms with E-state index in [-0.39, 0.29) is 17.9 Å². The van der Waals surface area contributed by atoms with Gasteiger partial charge in [-0.05, 0) is 64.2 Å². The molecule has 1 aliphatic heterocycles. The quantitative estimate of drug-likeness (QED) is 0.213. The normalized spacial score (nSPS) is 13.5. The Labute approximate surface area is 230 Å². The Balaban J connectivity index is 0. The molecule has 1 aromatic carbocycles. The van der Waals surface area contributed by atoms with Crippen molar-refractivity contribution in [1.82, 2.24) is 10.2 Å². The van der Waals surface area contributed by atoms with E-state index in [1.807, 2.05) is 39.5 Å². The molecular weight excluding hydrogens is 495 g/mol. The standard InChI is InChI=1S/C22H30Cl2N2O3.C3H6.2C2H6/c1-14(2)5-8-21(27)26-11-9-18(10-12-26)25-22(28)15(3)16(4)29-20-7-6-17(23)13-19(20)24;1-3-2;2*1-2/h6-7,13-14,18H,5,8-12H2,1-4H3,(H,25,28);3H,1H2,2H3;2*1-2H3/b16-15-;;;. The average Bonchev–Trinajstić information content (AvgIpc) is 2.87. The summed E-state index contributed by atoms with van der Waals surface area (Å²) in [6.07, 6.45) is 4.78. The third-order valence-corrected chi connectivity index (χ3v) is 5.67. The first-order valence-corrected chi connectivity index (χ1v) is 13.8. The number of halogens is 2. The molecule has 36 heavy (non-hydrogen) atoms. The van der Waals surface area contributed by atoms with Crippen molar-refractivity contribution in [3.63, 3.8) is 0 Å². The van der Waals surface area contributed by atoms with Crippen LogP contribution in [0.4, 0.5) is 0 Å². The lowest BCUT2D eigenvalue weighted by Crippen LogP contribution is -2.46. The maximum Gasteiger partial charge on any atom is 0.250 e. The Morgan fingerprint density at radius 2 is 1.67 bits per heavy atom. The summed E-state index contributed by atoms with van der Waals surface area (Å²) in [6, 6.07) is 5.00. The number of ether oxygens (including phenoxy) is 1. The lowest BCUT2D eigenvalue weighted by molar-refractivity contribution is -0.132. The summed E-state index contributed by atoms with van der Waals surface area (Å²) in [7, 11) is 0. The second kappa shape index (κ2) is 21.1. The Morgan fingerprint density at radius 3 is 2.14 bits per heavy atom. The molecule has 1 N–H and O–H groups in total.